The van der Waals surface area contributed by atoms with Crippen LogP contribution in [0.5, 0.6) is 17.2 Å². The quantitative estimate of drug-likeness (QED) is 0.758. The minimum atomic E-state index is 0.0491. The number of nitrogens with two attached hydrogens (primary N) is 1. The Labute approximate surface area is 145 Å². The third-order valence-corrected chi connectivity index (χ3v) is 3.94. The van der Waals surface area contributed by atoms with Crippen LogP contribution in [-0.4, -0.2) is 29.3 Å². The van der Waals surface area contributed by atoms with Gasteiger partial charge in [-0.2, -0.15) is 0 Å². The molecule has 0 amide bonds. The molecule has 0 radical (unpaired) electrons. The first-order valence-corrected chi connectivity index (χ1v) is 7.70. The summed E-state index contributed by atoms with van der Waals surface area (Å²) in [6.07, 6.45) is 0. The lowest BCUT2D eigenvalue weighted by atomic mass is 9.96. The lowest BCUT2D eigenvalue weighted by Crippen LogP contribution is -2.03. The highest BCUT2D eigenvalue weighted by atomic mass is 16.5. The summed E-state index contributed by atoms with van der Waals surface area (Å²) in [7, 11) is 3.15. The monoisotopic (exact) mass is 337 g/mol. The van der Waals surface area contributed by atoms with Crippen LogP contribution in [0.25, 0.3) is 22.4 Å². The van der Waals surface area contributed by atoms with Crippen LogP contribution >= 0.6 is 0 Å². The number of hydrogen-bond acceptors (Lipinski definition) is 6. The Balaban J connectivity index is 2.31. The zero-order valence-electron chi connectivity index (χ0n) is 14.3. The van der Waals surface area contributed by atoms with Crippen molar-refractivity contribution in [3.8, 4) is 39.6 Å². The van der Waals surface area contributed by atoms with Gasteiger partial charge in [0.25, 0.3) is 0 Å². The van der Waals surface area contributed by atoms with Crippen LogP contribution < -0.4 is 15.2 Å². The van der Waals surface area contributed by atoms with E-state index < -0.39 is 0 Å². The summed E-state index contributed by atoms with van der Waals surface area (Å²) < 4.78 is 10.6. The second-order valence-electron chi connectivity index (χ2n) is 5.47. The Morgan fingerprint density at radius 1 is 0.960 bits per heavy atom. The Morgan fingerprint density at radius 3 is 2.40 bits per heavy atom. The molecule has 6 heteroatoms. The van der Waals surface area contributed by atoms with Gasteiger partial charge in [-0.3, -0.25) is 0 Å². The van der Waals surface area contributed by atoms with Crippen LogP contribution in [0, 0.1) is 6.92 Å². The average Bonchev–Trinajstić information content (AvgIpc) is 2.61. The molecule has 25 heavy (non-hydrogen) atoms. The molecule has 3 N–H and O–H groups in total. The maximum absolute atomic E-state index is 10.4. The second-order valence-corrected chi connectivity index (χ2v) is 5.47. The van der Waals surface area contributed by atoms with Gasteiger partial charge in [0.2, 0.25) is 5.95 Å². The van der Waals surface area contributed by atoms with Gasteiger partial charge in [-0.25, -0.2) is 9.97 Å². The minimum Gasteiger partial charge on any atom is -0.507 e. The Bertz CT molecular complexity index is 926. The number of aromatic hydroxyl groups is 1. The molecule has 0 atom stereocenters. The number of aryl methyl sites for hydroxylation is 1. The first-order valence-electron chi connectivity index (χ1n) is 7.70. The molecule has 0 aliphatic rings. The third-order valence-electron chi connectivity index (χ3n) is 3.94. The van der Waals surface area contributed by atoms with E-state index in [0.29, 0.717) is 28.5 Å². The molecule has 3 rings (SSSR count). The van der Waals surface area contributed by atoms with Gasteiger partial charge in [0.15, 0.2) is 0 Å². The molecule has 0 bridgehead atoms. The van der Waals surface area contributed by atoms with Crippen molar-refractivity contribution in [3.05, 3.63) is 48.2 Å². The van der Waals surface area contributed by atoms with Gasteiger partial charge < -0.3 is 20.3 Å². The lowest BCUT2D eigenvalue weighted by Gasteiger charge is -2.16. The van der Waals surface area contributed by atoms with Crippen LogP contribution in [-0.2, 0) is 0 Å². The first kappa shape index (κ1) is 16.6. The lowest BCUT2D eigenvalue weighted by molar-refractivity contribution is 0.408. The Morgan fingerprint density at radius 2 is 1.72 bits per heavy atom. The number of anilines is 1. The normalized spacial score (nSPS) is 10.5. The van der Waals surface area contributed by atoms with Gasteiger partial charge in [0, 0.05) is 22.8 Å². The molecule has 2 aromatic carbocycles. The number of benzene rings is 2. The van der Waals surface area contributed by atoms with E-state index in [1.165, 1.54) is 6.07 Å². The fourth-order valence-corrected chi connectivity index (χ4v) is 2.80. The number of phenolic OH excluding ortho intramolecular Hbond substituents is 1. The summed E-state index contributed by atoms with van der Waals surface area (Å²) in [6.45, 7) is 1.85. The predicted molar refractivity (Wildman–Crippen MR) is 96.8 cm³/mol. The molecule has 0 saturated carbocycles. The van der Waals surface area contributed by atoms with Crippen molar-refractivity contribution >= 4 is 5.95 Å². The molecular weight excluding hydrogens is 318 g/mol. The number of ether oxygens (including phenoxy) is 2. The smallest absolute Gasteiger partial charge is 0.220 e. The Kier molecular flexibility index (Phi) is 4.43. The number of methoxy groups -OCH3 is 2. The number of aromatic nitrogens is 2. The van der Waals surface area contributed by atoms with E-state index in [0.717, 1.165) is 11.1 Å². The molecule has 0 aliphatic heterocycles. The molecule has 0 spiro atoms. The zero-order chi connectivity index (χ0) is 18.0. The Hall–Kier alpha value is -3.28. The molecular formula is C19H19N3O3. The molecule has 0 saturated heterocycles. The average molecular weight is 337 g/mol. The predicted octanol–water partition coefficient (Wildman–Crippen LogP) is 3.42. The maximum Gasteiger partial charge on any atom is 0.220 e. The van der Waals surface area contributed by atoms with Crippen LogP contribution in [0.2, 0.25) is 0 Å². The van der Waals surface area contributed by atoms with Gasteiger partial charge >= 0.3 is 0 Å². The molecule has 0 unspecified atom stereocenters. The number of nitrogens with zero attached hydrogens (tertiary/aromatic N) is 2. The van der Waals surface area contributed by atoms with Crippen LogP contribution in [0.15, 0.2) is 42.5 Å². The first-order chi connectivity index (χ1) is 12.0. The van der Waals surface area contributed by atoms with Gasteiger partial charge in [-0.15, -0.1) is 0 Å². The molecule has 128 valence electrons. The standard InChI is InChI=1S/C19H19N3O3/c1-11-17(14-6-4-5-7-16(14)25-3)18(22-19(20)21-11)13-9-8-12(24-2)10-15(13)23/h4-10,23H,1-3H3,(H2,20,21,22). The number of phenols is 1. The van der Waals surface area contributed by atoms with Gasteiger partial charge in [-0.05, 0) is 25.1 Å². The van der Waals surface area contributed by atoms with E-state index >= 15 is 0 Å². The summed E-state index contributed by atoms with van der Waals surface area (Å²) in [5.74, 6) is 1.43. The van der Waals surface area contributed by atoms with E-state index in [4.69, 9.17) is 15.2 Å². The van der Waals surface area contributed by atoms with Crippen molar-refractivity contribution in [1.29, 1.82) is 0 Å². The molecule has 1 heterocycles. The minimum absolute atomic E-state index is 0.0491. The van der Waals surface area contributed by atoms with Crippen LogP contribution in [0.4, 0.5) is 5.95 Å². The van der Waals surface area contributed by atoms with Crippen LogP contribution in [0.1, 0.15) is 5.69 Å². The molecule has 6 nitrogen and oxygen atoms in total. The van der Waals surface area contributed by atoms with Crippen molar-refractivity contribution in [2.24, 2.45) is 0 Å². The van der Waals surface area contributed by atoms with Gasteiger partial charge in [0.1, 0.15) is 17.2 Å². The fourth-order valence-electron chi connectivity index (χ4n) is 2.80. The summed E-state index contributed by atoms with van der Waals surface area (Å²) in [4.78, 5) is 8.66. The van der Waals surface area contributed by atoms with E-state index in [2.05, 4.69) is 9.97 Å². The largest absolute Gasteiger partial charge is 0.507 e. The van der Waals surface area contributed by atoms with Crippen molar-refractivity contribution in [2.45, 2.75) is 6.92 Å². The van der Waals surface area contributed by atoms with E-state index in [1.54, 1.807) is 26.4 Å². The summed E-state index contributed by atoms with van der Waals surface area (Å²) in [5, 5.41) is 10.4. The number of hydrogen-bond donors (Lipinski definition) is 2. The van der Waals surface area contributed by atoms with E-state index in [1.807, 2.05) is 31.2 Å². The molecule has 1 aromatic heterocycles. The highest BCUT2D eigenvalue weighted by molar-refractivity contribution is 5.87. The summed E-state index contributed by atoms with van der Waals surface area (Å²) in [5.41, 5.74) is 9.22. The van der Waals surface area contributed by atoms with E-state index in [9.17, 15) is 5.11 Å². The number of nitrogen functional groups attached to an aromatic ring is 1. The van der Waals surface area contributed by atoms with Gasteiger partial charge in [0.05, 0.1) is 25.6 Å². The van der Waals surface area contributed by atoms with E-state index in [-0.39, 0.29) is 11.7 Å². The topological polar surface area (TPSA) is 90.5 Å². The number of rotatable bonds is 4. The zero-order valence-corrected chi connectivity index (χ0v) is 14.3. The highest BCUT2D eigenvalue weighted by Crippen LogP contribution is 2.41. The SMILES string of the molecule is COc1ccc(-c2nc(N)nc(C)c2-c2ccccc2OC)c(O)c1. The van der Waals surface area contributed by atoms with Crippen molar-refractivity contribution in [2.75, 3.05) is 20.0 Å². The summed E-state index contributed by atoms with van der Waals surface area (Å²) >= 11 is 0. The molecule has 0 fully saturated rings. The summed E-state index contributed by atoms with van der Waals surface area (Å²) in [6, 6.07) is 12.6. The molecule has 0 aliphatic carbocycles. The third kappa shape index (κ3) is 3.06. The highest BCUT2D eigenvalue weighted by Gasteiger charge is 2.20. The van der Waals surface area contributed by atoms with Crippen molar-refractivity contribution in [3.63, 3.8) is 0 Å². The second kappa shape index (κ2) is 6.68. The van der Waals surface area contributed by atoms with Crippen LogP contribution in [0.3, 0.4) is 0 Å². The number of para-hydroxylation sites is 1. The maximum atomic E-state index is 10.4. The van der Waals surface area contributed by atoms with Crippen molar-refractivity contribution in [1.82, 2.24) is 9.97 Å². The molecule has 3 aromatic rings. The van der Waals surface area contributed by atoms with Crippen molar-refractivity contribution < 1.29 is 14.6 Å². The fraction of sp³-hybridized carbons (Fsp3) is 0.158. The van der Waals surface area contributed by atoms with Gasteiger partial charge in [-0.1, -0.05) is 18.2 Å².